The van der Waals surface area contributed by atoms with Crippen LogP contribution in [0.1, 0.15) is 58.9 Å². The number of anilines is 1. The second-order valence-corrected chi connectivity index (χ2v) is 9.01. The third-order valence-corrected chi connectivity index (χ3v) is 5.94. The molecular weight excluding hydrogens is 322 g/mol. The molecule has 0 amide bonds. The molecule has 0 saturated carbocycles. The molecule has 146 valence electrons. The molecule has 0 aliphatic carbocycles. The van der Waals surface area contributed by atoms with Crippen molar-refractivity contribution in [2.24, 2.45) is 5.92 Å². The molecule has 2 aliphatic heterocycles. The van der Waals surface area contributed by atoms with Gasteiger partial charge in [0.15, 0.2) is 0 Å². The van der Waals surface area contributed by atoms with E-state index in [9.17, 15) is 0 Å². The van der Waals surface area contributed by atoms with Gasteiger partial charge < -0.3 is 9.80 Å². The summed E-state index contributed by atoms with van der Waals surface area (Å²) >= 11 is 0. The summed E-state index contributed by atoms with van der Waals surface area (Å²) in [5, 5.41) is 0. The molecule has 26 heavy (non-hydrogen) atoms. The summed E-state index contributed by atoms with van der Waals surface area (Å²) in [6.45, 7) is 13.6. The van der Waals surface area contributed by atoms with Gasteiger partial charge in [0.2, 0.25) is 5.95 Å². The van der Waals surface area contributed by atoms with Gasteiger partial charge in [0, 0.05) is 55.7 Å². The number of hydrogen-bond donors (Lipinski definition) is 0. The second kappa shape index (κ2) is 8.66. The number of rotatable bonds is 8. The summed E-state index contributed by atoms with van der Waals surface area (Å²) in [7, 11) is 2.19. The van der Waals surface area contributed by atoms with Gasteiger partial charge in [-0.3, -0.25) is 4.90 Å². The van der Waals surface area contributed by atoms with Crippen LogP contribution in [0.4, 0.5) is 5.95 Å². The second-order valence-electron chi connectivity index (χ2n) is 9.01. The van der Waals surface area contributed by atoms with Crippen LogP contribution in [0.3, 0.4) is 0 Å². The number of nitrogens with zero attached hydrogens (tertiary/aromatic N) is 5. The third kappa shape index (κ3) is 4.74. The first-order valence-corrected chi connectivity index (χ1v) is 10.5. The zero-order chi connectivity index (χ0) is 18.7. The van der Waals surface area contributed by atoms with Crippen molar-refractivity contribution in [3.05, 3.63) is 18.0 Å². The monoisotopic (exact) mass is 359 g/mol. The molecular formula is C21H37N5. The van der Waals surface area contributed by atoms with E-state index >= 15 is 0 Å². The Balaban J connectivity index is 1.55. The van der Waals surface area contributed by atoms with E-state index in [4.69, 9.17) is 9.97 Å². The molecule has 1 aromatic rings. The average molecular weight is 360 g/mol. The fraction of sp³-hybridized carbons (Fsp3) is 0.810. The van der Waals surface area contributed by atoms with Crippen LogP contribution in [0.2, 0.25) is 0 Å². The summed E-state index contributed by atoms with van der Waals surface area (Å²) in [6.07, 6.45) is 9.18. The van der Waals surface area contributed by atoms with Crippen LogP contribution in [-0.2, 0) is 6.54 Å². The minimum atomic E-state index is 0.584. The van der Waals surface area contributed by atoms with Gasteiger partial charge in [-0.25, -0.2) is 9.97 Å². The van der Waals surface area contributed by atoms with Gasteiger partial charge in [-0.15, -0.1) is 0 Å². The van der Waals surface area contributed by atoms with Crippen LogP contribution in [0.15, 0.2) is 12.4 Å². The Morgan fingerprint density at radius 2 is 1.69 bits per heavy atom. The molecule has 3 rings (SSSR count). The predicted octanol–water partition coefficient (Wildman–Crippen LogP) is 3.41. The van der Waals surface area contributed by atoms with Crippen LogP contribution < -0.4 is 4.90 Å². The zero-order valence-electron chi connectivity index (χ0n) is 17.4. The molecule has 0 radical (unpaired) electrons. The number of aromatic nitrogens is 2. The Morgan fingerprint density at radius 3 is 2.23 bits per heavy atom. The van der Waals surface area contributed by atoms with Crippen molar-refractivity contribution in [2.75, 3.05) is 31.6 Å². The lowest BCUT2D eigenvalue weighted by atomic mass is 10.1. The van der Waals surface area contributed by atoms with E-state index in [1.54, 1.807) is 0 Å². The van der Waals surface area contributed by atoms with Crippen molar-refractivity contribution in [1.82, 2.24) is 19.8 Å². The summed E-state index contributed by atoms with van der Waals surface area (Å²) in [5.74, 6) is 1.73. The van der Waals surface area contributed by atoms with Crippen LogP contribution in [-0.4, -0.2) is 64.6 Å². The van der Waals surface area contributed by atoms with Crippen molar-refractivity contribution in [1.29, 1.82) is 0 Å². The highest BCUT2D eigenvalue weighted by Gasteiger charge is 2.41. The van der Waals surface area contributed by atoms with Gasteiger partial charge in [0.05, 0.1) is 0 Å². The summed E-state index contributed by atoms with van der Waals surface area (Å²) in [6, 6.07) is 1.80. The Hall–Kier alpha value is -1.20. The van der Waals surface area contributed by atoms with E-state index in [1.807, 2.05) is 12.4 Å². The first-order chi connectivity index (χ1) is 12.4. The molecule has 2 fully saturated rings. The Morgan fingerprint density at radius 1 is 1.08 bits per heavy atom. The number of fused-ring (bicyclic) bond motifs is 2. The molecule has 2 saturated heterocycles. The molecule has 1 aromatic heterocycles. The van der Waals surface area contributed by atoms with Crippen molar-refractivity contribution in [3.63, 3.8) is 0 Å². The first-order valence-electron chi connectivity index (χ1n) is 10.5. The van der Waals surface area contributed by atoms with E-state index in [0.29, 0.717) is 18.1 Å². The molecule has 2 bridgehead atoms. The Bertz CT molecular complexity index is 542. The van der Waals surface area contributed by atoms with Gasteiger partial charge in [-0.05, 0) is 59.0 Å². The average Bonchev–Trinajstić information content (AvgIpc) is 2.84. The maximum Gasteiger partial charge on any atom is 0.225 e. The van der Waals surface area contributed by atoms with Crippen LogP contribution in [0.25, 0.3) is 0 Å². The standard InChI is InChI=1S/C21H37N5/c1-16(2)7-6-10-24(5)13-18-11-22-21(23-12-18)26-19-8-9-20(26)15-25(14-19)17(3)4/h11-12,16-17,19-20H,6-10,13-15H2,1-5H3. The van der Waals surface area contributed by atoms with Crippen molar-refractivity contribution in [2.45, 2.75) is 78.0 Å². The number of piperazine rings is 1. The lowest BCUT2D eigenvalue weighted by Gasteiger charge is -2.42. The lowest BCUT2D eigenvalue weighted by Crippen LogP contribution is -2.56. The molecule has 0 N–H and O–H groups in total. The SMILES string of the molecule is CC(C)CCCN(C)Cc1cnc(N2C3CCC2CN(C(C)C)C3)nc1. The zero-order valence-corrected chi connectivity index (χ0v) is 17.4. The van der Waals surface area contributed by atoms with Gasteiger partial charge in [0.1, 0.15) is 0 Å². The van der Waals surface area contributed by atoms with E-state index in [-0.39, 0.29) is 0 Å². The normalized spacial score (nSPS) is 23.6. The maximum atomic E-state index is 4.74. The molecule has 3 heterocycles. The highest BCUT2D eigenvalue weighted by Crippen LogP contribution is 2.33. The van der Waals surface area contributed by atoms with Crippen LogP contribution in [0, 0.1) is 5.92 Å². The third-order valence-electron chi connectivity index (χ3n) is 5.94. The van der Waals surface area contributed by atoms with Gasteiger partial charge in [-0.2, -0.15) is 0 Å². The molecule has 2 atom stereocenters. The van der Waals surface area contributed by atoms with Crippen molar-refractivity contribution < 1.29 is 0 Å². The maximum absolute atomic E-state index is 4.74. The topological polar surface area (TPSA) is 35.5 Å². The van der Waals surface area contributed by atoms with Crippen molar-refractivity contribution >= 4 is 5.95 Å². The van der Waals surface area contributed by atoms with Gasteiger partial charge >= 0.3 is 0 Å². The molecule has 2 aliphatic rings. The first kappa shape index (κ1) is 19.6. The smallest absolute Gasteiger partial charge is 0.225 e. The quantitative estimate of drug-likeness (QED) is 0.711. The summed E-state index contributed by atoms with van der Waals surface area (Å²) < 4.78 is 0. The molecule has 0 aromatic carbocycles. The molecule has 5 nitrogen and oxygen atoms in total. The van der Waals surface area contributed by atoms with E-state index in [1.165, 1.54) is 31.2 Å². The number of hydrogen-bond acceptors (Lipinski definition) is 5. The van der Waals surface area contributed by atoms with Crippen molar-refractivity contribution in [3.8, 4) is 0 Å². The van der Waals surface area contributed by atoms with Gasteiger partial charge in [-0.1, -0.05) is 13.8 Å². The Kier molecular flexibility index (Phi) is 6.51. The van der Waals surface area contributed by atoms with Crippen LogP contribution in [0.5, 0.6) is 0 Å². The highest BCUT2D eigenvalue weighted by molar-refractivity contribution is 5.37. The highest BCUT2D eigenvalue weighted by atomic mass is 15.4. The minimum Gasteiger partial charge on any atom is -0.332 e. The lowest BCUT2D eigenvalue weighted by molar-refractivity contribution is 0.176. The number of likely N-dealkylation sites (tertiary alicyclic amines) is 1. The fourth-order valence-corrected chi connectivity index (χ4v) is 4.41. The summed E-state index contributed by atoms with van der Waals surface area (Å²) in [5.41, 5.74) is 1.22. The van der Waals surface area contributed by atoms with E-state index in [0.717, 1.165) is 38.0 Å². The van der Waals surface area contributed by atoms with E-state index in [2.05, 4.69) is 49.4 Å². The van der Waals surface area contributed by atoms with Crippen LogP contribution >= 0.6 is 0 Å². The fourth-order valence-electron chi connectivity index (χ4n) is 4.41. The minimum absolute atomic E-state index is 0.584. The molecule has 5 heteroatoms. The van der Waals surface area contributed by atoms with Gasteiger partial charge in [0.25, 0.3) is 0 Å². The molecule has 2 unspecified atom stereocenters. The largest absolute Gasteiger partial charge is 0.332 e. The molecule has 0 spiro atoms. The Labute approximate surface area is 159 Å². The predicted molar refractivity (Wildman–Crippen MR) is 108 cm³/mol. The summed E-state index contributed by atoms with van der Waals surface area (Å²) in [4.78, 5) is 17.0. The van der Waals surface area contributed by atoms with E-state index < -0.39 is 0 Å².